The van der Waals surface area contributed by atoms with Crippen LogP contribution in [0, 0.1) is 20.2 Å². The molecular formula is C22H30N10O8. The van der Waals surface area contributed by atoms with Crippen LogP contribution in [0.25, 0.3) is 11.2 Å². The Kier molecular flexibility index (Phi) is 8.21. The molecule has 1 aliphatic rings. The summed E-state index contributed by atoms with van der Waals surface area (Å²) in [6.45, 7) is -0.608. The van der Waals surface area contributed by atoms with E-state index in [2.05, 4.69) is 15.0 Å². The van der Waals surface area contributed by atoms with Gasteiger partial charge in [-0.2, -0.15) is 0 Å². The molecule has 18 heteroatoms. The number of benzene rings is 1. The number of fused-ring (bicyclic) bond motifs is 1. The third kappa shape index (κ3) is 5.28. The van der Waals surface area contributed by atoms with Gasteiger partial charge in [-0.25, -0.2) is 15.0 Å². The first-order valence-corrected chi connectivity index (χ1v) is 12.2. The van der Waals surface area contributed by atoms with Crippen molar-refractivity contribution in [3.8, 4) is 0 Å². The third-order valence-electron chi connectivity index (χ3n) is 6.90. The van der Waals surface area contributed by atoms with Crippen molar-refractivity contribution in [2.24, 2.45) is 17.2 Å². The first-order valence-electron chi connectivity index (χ1n) is 12.2. The fourth-order valence-corrected chi connectivity index (χ4v) is 4.83. The molecule has 40 heavy (non-hydrogen) atoms. The zero-order chi connectivity index (χ0) is 29.4. The number of nitro benzene ring substituents is 2. The average molecular weight is 563 g/mol. The van der Waals surface area contributed by atoms with Crippen molar-refractivity contribution in [1.82, 2.24) is 19.5 Å². The number of nitrogens with zero attached hydrogens (tertiary/aromatic N) is 6. The van der Waals surface area contributed by atoms with Crippen molar-refractivity contribution in [3.05, 3.63) is 56.1 Å². The van der Waals surface area contributed by atoms with Gasteiger partial charge in [0.05, 0.1) is 22.5 Å². The van der Waals surface area contributed by atoms with E-state index in [0.717, 1.165) is 12.1 Å². The summed E-state index contributed by atoms with van der Waals surface area (Å²) in [7, 11) is 0. The standard InChI is InChI=1S/C22H30N10O8/c23-10(2-1-3-13(24)12-5-4-11(31(36)37)7-14(12)32(38)39)6-16-29-17-20(25)27-9-28-21(17)30(16)22(26)19(35)18(34)15(8-33)40-22/h4-5,7,9-10,13,15,18-19,33-35H,1-3,6,8,23-24,26H2,(H2,25,27,28)/t10?,13?,15-,18-,19-,22+/m1/s1. The van der Waals surface area contributed by atoms with Gasteiger partial charge >= 0.3 is 0 Å². The number of aliphatic hydroxyl groups excluding tert-OH is 3. The van der Waals surface area contributed by atoms with Gasteiger partial charge in [0.1, 0.15) is 30.5 Å². The van der Waals surface area contributed by atoms with E-state index < -0.39 is 64.1 Å². The molecule has 216 valence electrons. The predicted octanol–water partition coefficient (Wildman–Crippen LogP) is -1.35. The Labute approximate surface area is 225 Å². The molecule has 0 saturated carbocycles. The van der Waals surface area contributed by atoms with Crippen molar-refractivity contribution >= 4 is 28.4 Å². The lowest BCUT2D eigenvalue weighted by molar-refractivity contribution is -0.394. The number of nitrogen functional groups attached to an aromatic ring is 1. The van der Waals surface area contributed by atoms with E-state index in [-0.39, 0.29) is 41.2 Å². The molecule has 18 nitrogen and oxygen atoms in total. The normalized spacial score (nSPS) is 24.3. The van der Waals surface area contributed by atoms with Crippen LogP contribution in [-0.4, -0.2) is 75.6 Å². The maximum absolute atomic E-state index is 11.4. The summed E-state index contributed by atoms with van der Waals surface area (Å²) in [5, 5.41) is 53.0. The molecule has 0 radical (unpaired) electrons. The molecule has 4 rings (SSSR count). The lowest BCUT2D eigenvalue weighted by atomic mass is 9.97. The van der Waals surface area contributed by atoms with Gasteiger partial charge in [0.15, 0.2) is 17.0 Å². The quantitative estimate of drug-likeness (QED) is 0.105. The van der Waals surface area contributed by atoms with Gasteiger partial charge in [-0.3, -0.25) is 30.5 Å². The van der Waals surface area contributed by atoms with Crippen molar-refractivity contribution in [3.63, 3.8) is 0 Å². The van der Waals surface area contributed by atoms with E-state index >= 15 is 0 Å². The van der Waals surface area contributed by atoms with Crippen LogP contribution < -0.4 is 22.9 Å². The highest BCUT2D eigenvalue weighted by Crippen LogP contribution is 2.36. The Morgan fingerprint density at radius 1 is 1.15 bits per heavy atom. The van der Waals surface area contributed by atoms with Crippen LogP contribution >= 0.6 is 0 Å². The van der Waals surface area contributed by atoms with Crippen LogP contribution in [0.4, 0.5) is 17.2 Å². The number of aromatic nitrogens is 4. The van der Waals surface area contributed by atoms with E-state index in [1.54, 1.807) is 0 Å². The van der Waals surface area contributed by atoms with E-state index in [0.29, 0.717) is 12.8 Å². The zero-order valence-corrected chi connectivity index (χ0v) is 21.1. The highest BCUT2D eigenvalue weighted by molar-refractivity contribution is 5.82. The number of nitro groups is 2. The van der Waals surface area contributed by atoms with Crippen LogP contribution in [0.3, 0.4) is 0 Å². The molecule has 6 atom stereocenters. The number of aliphatic hydroxyl groups is 3. The lowest BCUT2D eigenvalue weighted by Gasteiger charge is -2.31. The molecule has 0 amide bonds. The van der Waals surface area contributed by atoms with E-state index in [1.165, 1.54) is 17.0 Å². The smallest absolute Gasteiger partial charge is 0.281 e. The predicted molar refractivity (Wildman–Crippen MR) is 138 cm³/mol. The minimum absolute atomic E-state index is 0.0320. The minimum Gasteiger partial charge on any atom is -0.394 e. The largest absolute Gasteiger partial charge is 0.394 e. The number of non-ortho nitro benzene ring substituents is 1. The second-order valence-corrected chi connectivity index (χ2v) is 9.58. The molecule has 1 aromatic carbocycles. The fraction of sp³-hybridized carbons (Fsp3) is 0.500. The second kappa shape index (κ2) is 11.3. The second-order valence-electron chi connectivity index (χ2n) is 9.58. The Hall–Kier alpha value is -3.91. The summed E-state index contributed by atoms with van der Waals surface area (Å²) in [6.07, 6.45) is -2.00. The number of hydrogen-bond acceptors (Lipinski definition) is 15. The summed E-state index contributed by atoms with van der Waals surface area (Å²) < 4.78 is 6.92. The monoisotopic (exact) mass is 562 g/mol. The molecule has 3 aromatic rings. The Morgan fingerprint density at radius 3 is 2.50 bits per heavy atom. The SMILES string of the molecule is Nc1ncnc2c1nc(CC(N)CCCC(N)c1ccc([N+](=O)[O-])cc1[N+](=O)[O-])n2[C@]1(N)O[C@H](CO)[C@@H](O)[C@H]1O. The van der Waals surface area contributed by atoms with E-state index in [1.807, 2.05) is 0 Å². The number of ether oxygens (including phenoxy) is 1. The Morgan fingerprint density at radius 2 is 1.88 bits per heavy atom. The van der Waals surface area contributed by atoms with Gasteiger partial charge < -0.3 is 37.3 Å². The molecule has 1 fully saturated rings. The number of hydrogen-bond donors (Lipinski definition) is 7. The van der Waals surface area contributed by atoms with Crippen LogP contribution in [0.2, 0.25) is 0 Å². The number of anilines is 1. The van der Waals surface area contributed by atoms with Gasteiger partial charge in [0.2, 0.25) is 5.85 Å². The number of rotatable bonds is 11. The Bertz CT molecular complexity index is 1420. The highest BCUT2D eigenvalue weighted by atomic mass is 16.6. The molecule has 0 aliphatic carbocycles. The van der Waals surface area contributed by atoms with Gasteiger partial charge in [-0.05, 0) is 18.9 Å². The molecule has 1 saturated heterocycles. The summed E-state index contributed by atoms with van der Waals surface area (Å²) in [5.74, 6) is -1.81. The van der Waals surface area contributed by atoms with Crippen molar-refractivity contribution < 1.29 is 29.9 Å². The molecule has 2 unspecified atom stereocenters. The Balaban J connectivity index is 1.52. The molecule has 3 heterocycles. The van der Waals surface area contributed by atoms with Gasteiger partial charge in [0, 0.05) is 30.1 Å². The van der Waals surface area contributed by atoms with Crippen LogP contribution in [0.1, 0.15) is 36.7 Å². The summed E-state index contributed by atoms with van der Waals surface area (Å²) in [4.78, 5) is 33.5. The van der Waals surface area contributed by atoms with Crippen LogP contribution in [0.5, 0.6) is 0 Å². The first kappa shape index (κ1) is 29.1. The first-order chi connectivity index (χ1) is 18.9. The van der Waals surface area contributed by atoms with Crippen LogP contribution in [0.15, 0.2) is 24.5 Å². The van der Waals surface area contributed by atoms with Crippen molar-refractivity contribution in [2.75, 3.05) is 12.3 Å². The number of nitrogens with two attached hydrogens (primary N) is 4. The fourth-order valence-electron chi connectivity index (χ4n) is 4.83. The summed E-state index contributed by atoms with van der Waals surface area (Å²) >= 11 is 0. The maximum Gasteiger partial charge on any atom is 0.281 e. The molecule has 2 aromatic heterocycles. The van der Waals surface area contributed by atoms with Crippen molar-refractivity contribution in [1.29, 1.82) is 0 Å². The maximum atomic E-state index is 11.4. The molecule has 0 spiro atoms. The molecular weight excluding hydrogens is 532 g/mol. The summed E-state index contributed by atoms with van der Waals surface area (Å²) in [5.41, 5.74) is 24.5. The topological polar surface area (TPSA) is 304 Å². The minimum atomic E-state index is -2.06. The molecule has 0 bridgehead atoms. The highest BCUT2D eigenvalue weighted by Gasteiger charge is 2.54. The average Bonchev–Trinajstić information content (AvgIpc) is 3.39. The number of imidazole rings is 1. The lowest BCUT2D eigenvalue weighted by Crippen LogP contribution is -2.54. The van der Waals surface area contributed by atoms with Crippen LogP contribution in [-0.2, 0) is 17.0 Å². The molecule has 1 aliphatic heterocycles. The van der Waals surface area contributed by atoms with Gasteiger partial charge in [0.25, 0.3) is 11.4 Å². The summed E-state index contributed by atoms with van der Waals surface area (Å²) in [6, 6.07) is 1.98. The van der Waals surface area contributed by atoms with Gasteiger partial charge in [-0.1, -0.05) is 6.42 Å². The van der Waals surface area contributed by atoms with Gasteiger partial charge in [-0.15, -0.1) is 0 Å². The van der Waals surface area contributed by atoms with E-state index in [9.17, 15) is 35.5 Å². The third-order valence-corrected chi connectivity index (χ3v) is 6.90. The van der Waals surface area contributed by atoms with E-state index in [4.69, 9.17) is 27.7 Å². The zero-order valence-electron chi connectivity index (χ0n) is 21.1. The molecule has 11 N–H and O–H groups in total. The van der Waals surface area contributed by atoms with Crippen molar-refractivity contribution in [2.45, 2.75) is 61.9 Å².